The van der Waals surface area contributed by atoms with E-state index in [1.54, 1.807) is 76.2 Å². The highest BCUT2D eigenvalue weighted by Gasteiger charge is 2.49. The van der Waals surface area contributed by atoms with Crippen LogP contribution in [0.3, 0.4) is 0 Å². The second-order valence-electron chi connectivity index (χ2n) is 9.46. The number of amides is 4. The summed E-state index contributed by atoms with van der Waals surface area (Å²) < 4.78 is 1.43. The summed E-state index contributed by atoms with van der Waals surface area (Å²) in [5.74, 6) is -1.10. The molecule has 4 rings (SSSR count). The van der Waals surface area contributed by atoms with E-state index in [0.29, 0.717) is 22.5 Å². The number of aromatic nitrogens is 4. The summed E-state index contributed by atoms with van der Waals surface area (Å²) in [6.45, 7) is 6.57. The molecule has 0 radical (unpaired) electrons. The zero-order chi connectivity index (χ0) is 25.4. The number of carbonyl (C=O) groups is 4. The standard InChI is InChI=1S/C24H25N7O4/c1-23(2,3)20(33)26-17-10-8-15(9-11-17)19(32)13-30-21(34)24(4,27-22(30)35)16-6-5-7-18(12-16)31-14-25-28-29-31/h5-12,14H,13H2,1-4H3,(H,26,33)(H,27,35)/t24-/m0/s1. The molecule has 0 aliphatic carbocycles. The second-order valence-corrected chi connectivity index (χ2v) is 9.46. The van der Waals surface area contributed by atoms with Crippen LogP contribution < -0.4 is 10.6 Å². The molecule has 1 atom stereocenters. The minimum Gasteiger partial charge on any atom is -0.326 e. The topological polar surface area (TPSA) is 139 Å². The molecule has 1 aliphatic heterocycles. The monoisotopic (exact) mass is 475 g/mol. The van der Waals surface area contributed by atoms with Gasteiger partial charge in [-0.15, -0.1) is 5.10 Å². The van der Waals surface area contributed by atoms with E-state index in [9.17, 15) is 19.2 Å². The summed E-state index contributed by atoms with van der Waals surface area (Å²) in [5.41, 5.74) is 0.0838. The van der Waals surface area contributed by atoms with E-state index in [0.717, 1.165) is 4.90 Å². The van der Waals surface area contributed by atoms with Crippen molar-refractivity contribution < 1.29 is 19.2 Å². The van der Waals surface area contributed by atoms with E-state index in [4.69, 9.17) is 0 Å². The minimum atomic E-state index is -1.36. The molecule has 0 unspecified atom stereocenters. The number of imide groups is 1. The number of urea groups is 1. The van der Waals surface area contributed by atoms with Crippen LogP contribution in [0.15, 0.2) is 54.9 Å². The lowest BCUT2D eigenvalue weighted by Crippen LogP contribution is -2.41. The first kappa shape index (κ1) is 23.7. The fourth-order valence-electron chi connectivity index (χ4n) is 3.57. The van der Waals surface area contributed by atoms with E-state index < -0.39 is 35.2 Å². The van der Waals surface area contributed by atoms with Crippen molar-refractivity contribution in [2.45, 2.75) is 33.2 Å². The molecule has 1 fully saturated rings. The maximum atomic E-state index is 13.3. The molecule has 2 heterocycles. The van der Waals surface area contributed by atoms with Crippen molar-refractivity contribution in [2.75, 3.05) is 11.9 Å². The van der Waals surface area contributed by atoms with Gasteiger partial charge in [-0.1, -0.05) is 32.9 Å². The van der Waals surface area contributed by atoms with Crippen molar-refractivity contribution in [1.82, 2.24) is 30.4 Å². The molecule has 0 bridgehead atoms. The summed E-state index contributed by atoms with van der Waals surface area (Å²) in [6.07, 6.45) is 1.42. The van der Waals surface area contributed by atoms with Gasteiger partial charge in [0.05, 0.1) is 12.2 Å². The molecule has 3 aromatic rings. The molecule has 4 amide bonds. The third-order valence-electron chi connectivity index (χ3n) is 5.76. The Morgan fingerprint density at radius 3 is 2.43 bits per heavy atom. The number of nitrogens with zero attached hydrogens (tertiary/aromatic N) is 5. The quantitative estimate of drug-likeness (QED) is 0.412. The fourth-order valence-corrected chi connectivity index (χ4v) is 3.57. The zero-order valence-corrected chi connectivity index (χ0v) is 19.8. The van der Waals surface area contributed by atoms with Gasteiger partial charge < -0.3 is 10.6 Å². The molecule has 1 saturated heterocycles. The van der Waals surface area contributed by atoms with Gasteiger partial charge >= 0.3 is 6.03 Å². The summed E-state index contributed by atoms with van der Waals surface area (Å²) in [6, 6.07) is 12.6. The summed E-state index contributed by atoms with van der Waals surface area (Å²) in [5, 5.41) is 16.5. The zero-order valence-electron chi connectivity index (χ0n) is 19.8. The van der Waals surface area contributed by atoms with Gasteiger partial charge in [-0.2, -0.15) is 0 Å². The Morgan fingerprint density at radius 2 is 1.80 bits per heavy atom. The molecule has 1 aliphatic rings. The molecule has 0 saturated carbocycles. The van der Waals surface area contributed by atoms with Gasteiger partial charge in [0.25, 0.3) is 5.91 Å². The van der Waals surface area contributed by atoms with Gasteiger partial charge in [-0.3, -0.25) is 19.3 Å². The SMILES string of the molecule is CC(C)(C)C(=O)Nc1ccc(C(=O)CN2C(=O)N[C@@](C)(c3cccc(-n4cnnn4)c3)C2=O)cc1. The van der Waals surface area contributed by atoms with Crippen LogP contribution in [0.25, 0.3) is 5.69 Å². The number of hydrogen-bond donors (Lipinski definition) is 2. The van der Waals surface area contributed by atoms with Gasteiger partial charge in [0.1, 0.15) is 11.9 Å². The van der Waals surface area contributed by atoms with E-state index in [-0.39, 0.29) is 5.91 Å². The molecule has 0 spiro atoms. The Bertz CT molecular complexity index is 1300. The first-order chi connectivity index (χ1) is 16.5. The lowest BCUT2D eigenvalue weighted by Gasteiger charge is -2.22. The summed E-state index contributed by atoms with van der Waals surface area (Å²) in [7, 11) is 0. The number of tetrazole rings is 1. The van der Waals surface area contributed by atoms with Crippen LogP contribution in [0.4, 0.5) is 10.5 Å². The Hall–Kier alpha value is -4.41. The summed E-state index contributed by atoms with van der Waals surface area (Å²) in [4.78, 5) is 51.9. The van der Waals surface area contributed by atoms with E-state index in [1.807, 2.05) is 0 Å². The van der Waals surface area contributed by atoms with Gasteiger partial charge in [-0.05, 0) is 59.3 Å². The van der Waals surface area contributed by atoms with Crippen molar-refractivity contribution >= 4 is 29.3 Å². The van der Waals surface area contributed by atoms with Crippen molar-refractivity contribution in [3.63, 3.8) is 0 Å². The highest BCUT2D eigenvalue weighted by molar-refractivity contribution is 6.11. The maximum absolute atomic E-state index is 13.3. The van der Waals surface area contributed by atoms with Crippen LogP contribution in [0.5, 0.6) is 0 Å². The average molecular weight is 476 g/mol. The third kappa shape index (κ3) is 4.65. The second kappa shape index (κ2) is 8.75. The Morgan fingerprint density at radius 1 is 1.09 bits per heavy atom. The first-order valence-corrected chi connectivity index (χ1v) is 10.9. The smallest absolute Gasteiger partial charge is 0.325 e. The predicted octanol–water partition coefficient (Wildman–Crippen LogP) is 2.30. The number of hydrogen-bond acceptors (Lipinski definition) is 7. The largest absolute Gasteiger partial charge is 0.326 e. The van der Waals surface area contributed by atoms with Crippen molar-refractivity contribution in [3.05, 3.63) is 66.0 Å². The minimum absolute atomic E-state index is 0.153. The lowest BCUT2D eigenvalue weighted by atomic mass is 9.91. The molecule has 11 nitrogen and oxygen atoms in total. The molecule has 2 N–H and O–H groups in total. The average Bonchev–Trinajstić information content (AvgIpc) is 3.43. The molecule has 180 valence electrons. The number of benzene rings is 2. The molecular formula is C24H25N7O4. The lowest BCUT2D eigenvalue weighted by molar-refractivity contribution is -0.130. The van der Waals surface area contributed by atoms with E-state index in [2.05, 4.69) is 26.2 Å². The van der Waals surface area contributed by atoms with Gasteiger partial charge in [0.2, 0.25) is 5.91 Å². The molecular weight excluding hydrogens is 450 g/mol. The number of nitrogens with one attached hydrogen (secondary N) is 2. The molecule has 11 heteroatoms. The van der Waals surface area contributed by atoms with Crippen LogP contribution in [0, 0.1) is 5.41 Å². The Labute approximate surface area is 201 Å². The van der Waals surface area contributed by atoms with Crippen LogP contribution in [0.2, 0.25) is 0 Å². The molecule has 1 aromatic heterocycles. The van der Waals surface area contributed by atoms with Crippen LogP contribution >= 0.6 is 0 Å². The van der Waals surface area contributed by atoms with E-state index in [1.165, 1.54) is 11.0 Å². The van der Waals surface area contributed by atoms with Gasteiger partial charge in [0, 0.05) is 16.7 Å². The number of carbonyl (C=O) groups excluding carboxylic acids is 4. The number of ketones is 1. The fraction of sp³-hybridized carbons (Fsp3) is 0.292. The van der Waals surface area contributed by atoms with Gasteiger partial charge in [0.15, 0.2) is 5.78 Å². The molecule has 35 heavy (non-hydrogen) atoms. The highest BCUT2D eigenvalue weighted by atomic mass is 16.2. The number of anilines is 1. The normalized spacial score (nSPS) is 17.9. The summed E-state index contributed by atoms with van der Waals surface area (Å²) >= 11 is 0. The van der Waals surface area contributed by atoms with E-state index >= 15 is 0 Å². The Kier molecular flexibility index (Phi) is 5.93. The third-order valence-corrected chi connectivity index (χ3v) is 5.76. The molecule has 2 aromatic carbocycles. The van der Waals surface area contributed by atoms with Gasteiger partial charge in [-0.25, -0.2) is 9.48 Å². The van der Waals surface area contributed by atoms with Crippen LogP contribution in [0.1, 0.15) is 43.6 Å². The Balaban J connectivity index is 1.48. The van der Waals surface area contributed by atoms with Crippen molar-refractivity contribution in [2.24, 2.45) is 5.41 Å². The number of rotatable bonds is 6. The highest BCUT2D eigenvalue weighted by Crippen LogP contribution is 2.30. The number of Topliss-reactive ketones (excluding diaryl/α,β-unsaturated/α-hetero) is 1. The van der Waals surface area contributed by atoms with Crippen LogP contribution in [-0.2, 0) is 15.1 Å². The van der Waals surface area contributed by atoms with Crippen molar-refractivity contribution in [1.29, 1.82) is 0 Å². The maximum Gasteiger partial charge on any atom is 0.325 e. The predicted molar refractivity (Wildman–Crippen MR) is 126 cm³/mol. The van der Waals surface area contributed by atoms with Crippen molar-refractivity contribution in [3.8, 4) is 5.69 Å². The van der Waals surface area contributed by atoms with Crippen LogP contribution in [-0.4, -0.2) is 55.3 Å². The first-order valence-electron chi connectivity index (χ1n) is 10.9.